The van der Waals surface area contributed by atoms with Gasteiger partial charge in [-0.05, 0) is 31.5 Å². The third kappa shape index (κ3) is 3.94. The Morgan fingerprint density at radius 1 is 1.41 bits per heavy atom. The van der Waals surface area contributed by atoms with Gasteiger partial charge in [-0.15, -0.1) is 0 Å². The van der Waals surface area contributed by atoms with Gasteiger partial charge in [0.1, 0.15) is 5.75 Å². The molecule has 2 aromatic rings. The van der Waals surface area contributed by atoms with Gasteiger partial charge < -0.3 is 4.74 Å². The summed E-state index contributed by atoms with van der Waals surface area (Å²) in [6.45, 7) is 4.80. The quantitative estimate of drug-likeness (QED) is 0.654. The number of benzene rings is 1. The predicted octanol–water partition coefficient (Wildman–Crippen LogP) is 1.91. The third-order valence-electron chi connectivity index (χ3n) is 3.36. The van der Waals surface area contributed by atoms with Gasteiger partial charge >= 0.3 is 0 Å². The van der Waals surface area contributed by atoms with Crippen LogP contribution in [0.1, 0.15) is 23.7 Å². The van der Waals surface area contributed by atoms with E-state index >= 15 is 0 Å². The molecule has 0 atom stereocenters. The van der Waals surface area contributed by atoms with Crippen LogP contribution < -0.4 is 10.2 Å². The summed E-state index contributed by atoms with van der Waals surface area (Å²) in [5.41, 5.74) is 5.35. The second-order valence-corrected chi connectivity index (χ2v) is 4.82. The average Bonchev–Trinajstić information content (AvgIpc) is 2.88. The first kappa shape index (κ1) is 15.8. The standard InChI is InChI=1S/C16H20N4O2/c1-4-20-12(2)14(11-18-20)10-17-19-16(21)9-13-5-7-15(22-3)8-6-13/h5-8,10-11H,4,9H2,1-3H3,(H,19,21)/b17-10-. The summed E-state index contributed by atoms with van der Waals surface area (Å²) in [7, 11) is 1.61. The fraction of sp³-hybridized carbons (Fsp3) is 0.312. The molecule has 0 unspecified atom stereocenters. The Morgan fingerprint density at radius 2 is 2.14 bits per heavy atom. The molecule has 0 aliphatic rings. The van der Waals surface area contributed by atoms with E-state index in [2.05, 4.69) is 15.6 Å². The molecule has 1 heterocycles. The average molecular weight is 300 g/mol. The normalized spacial score (nSPS) is 10.9. The van der Waals surface area contributed by atoms with Gasteiger partial charge in [-0.25, -0.2) is 5.43 Å². The van der Waals surface area contributed by atoms with Crippen molar-refractivity contribution in [2.24, 2.45) is 5.10 Å². The van der Waals surface area contributed by atoms with Crippen molar-refractivity contribution in [3.63, 3.8) is 0 Å². The monoisotopic (exact) mass is 300 g/mol. The number of amides is 1. The fourth-order valence-corrected chi connectivity index (χ4v) is 2.05. The zero-order chi connectivity index (χ0) is 15.9. The first-order chi connectivity index (χ1) is 10.6. The molecule has 6 heteroatoms. The number of hydrazone groups is 1. The number of nitrogens with one attached hydrogen (secondary N) is 1. The van der Waals surface area contributed by atoms with Crippen molar-refractivity contribution in [3.8, 4) is 5.75 Å². The van der Waals surface area contributed by atoms with E-state index < -0.39 is 0 Å². The van der Waals surface area contributed by atoms with Crippen molar-refractivity contribution in [2.45, 2.75) is 26.8 Å². The summed E-state index contributed by atoms with van der Waals surface area (Å²) in [5, 5.41) is 8.19. The number of rotatable bonds is 6. The SMILES string of the molecule is CCn1ncc(/C=N\NC(=O)Cc2ccc(OC)cc2)c1C. The number of hydrogen-bond acceptors (Lipinski definition) is 4. The lowest BCUT2D eigenvalue weighted by molar-refractivity contribution is -0.120. The molecule has 6 nitrogen and oxygen atoms in total. The summed E-state index contributed by atoms with van der Waals surface area (Å²) in [4.78, 5) is 11.8. The van der Waals surface area contributed by atoms with E-state index in [-0.39, 0.29) is 12.3 Å². The Labute approximate surface area is 129 Å². The molecule has 0 spiro atoms. The van der Waals surface area contributed by atoms with Crippen molar-refractivity contribution in [1.82, 2.24) is 15.2 Å². The van der Waals surface area contributed by atoms with Gasteiger partial charge in [0.15, 0.2) is 0 Å². The number of methoxy groups -OCH3 is 1. The van der Waals surface area contributed by atoms with Gasteiger partial charge in [0.25, 0.3) is 0 Å². The Morgan fingerprint density at radius 3 is 2.73 bits per heavy atom. The zero-order valence-corrected chi connectivity index (χ0v) is 13.0. The molecule has 1 N–H and O–H groups in total. The van der Waals surface area contributed by atoms with Crippen molar-refractivity contribution in [1.29, 1.82) is 0 Å². The van der Waals surface area contributed by atoms with E-state index in [1.54, 1.807) is 19.5 Å². The molecule has 0 saturated carbocycles. The lowest BCUT2D eigenvalue weighted by Crippen LogP contribution is -2.19. The molecule has 116 valence electrons. The molecule has 2 rings (SSSR count). The van der Waals surface area contributed by atoms with Gasteiger partial charge in [0.2, 0.25) is 5.91 Å². The summed E-state index contributed by atoms with van der Waals surface area (Å²) >= 11 is 0. The summed E-state index contributed by atoms with van der Waals surface area (Å²) < 4.78 is 6.95. The second kappa shape index (κ2) is 7.40. The number of nitrogens with zero attached hydrogens (tertiary/aromatic N) is 3. The van der Waals surface area contributed by atoms with E-state index in [0.29, 0.717) is 0 Å². The Hall–Kier alpha value is -2.63. The predicted molar refractivity (Wildman–Crippen MR) is 85.1 cm³/mol. The highest BCUT2D eigenvalue weighted by Crippen LogP contribution is 2.11. The van der Waals surface area contributed by atoms with Crippen LogP contribution in [0, 0.1) is 6.92 Å². The van der Waals surface area contributed by atoms with Crippen LogP contribution in [0.15, 0.2) is 35.6 Å². The van der Waals surface area contributed by atoms with Gasteiger partial charge in [0.05, 0.1) is 25.9 Å². The number of aryl methyl sites for hydroxylation is 1. The molecule has 0 fully saturated rings. The van der Waals surface area contributed by atoms with Gasteiger partial charge in [-0.1, -0.05) is 12.1 Å². The minimum absolute atomic E-state index is 0.165. The molecule has 0 saturated heterocycles. The van der Waals surface area contributed by atoms with Crippen LogP contribution >= 0.6 is 0 Å². The highest BCUT2D eigenvalue weighted by molar-refractivity contribution is 5.83. The first-order valence-corrected chi connectivity index (χ1v) is 7.11. The van der Waals surface area contributed by atoms with Gasteiger partial charge in [0, 0.05) is 17.8 Å². The highest BCUT2D eigenvalue weighted by Gasteiger charge is 2.04. The lowest BCUT2D eigenvalue weighted by Gasteiger charge is -2.02. The largest absolute Gasteiger partial charge is 0.497 e. The molecule has 1 aromatic heterocycles. The maximum absolute atomic E-state index is 11.8. The topological polar surface area (TPSA) is 68.5 Å². The number of carbonyl (C=O) groups is 1. The molecular formula is C16H20N4O2. The van der Waals surface area contributed by atoms with Crippen LogP contribution in [0.5, 0.6) is 5.75 Å². The Kier molecular flexibility index (Phi) is 5.30. The molecule has 1 amide bonds. The van der Waals surface area contributed by atoms with Crippen LogP contribution in [0.4, 0.5) is 0 Å². The molecule has 22 heavy (non-hydrogen) atoms. The van der Waals surface area contributed by atoms with Crippen LogP contribution in [0.3, 0.4) is 0 Å². The van der Waals surface area contributed by atoms with E-state index in [0.717, 1.165) is 29.1 Å². The third-order valence-corrected chi connectivity index (χ3v) is 3.36. The molecular weight excluding hydrogens is 280 g/mol. The zero-order valence-electron chi connectivity index (χ0n) is 13.0. The van der Waals surface area contributed by atoms with Crippen LogP contribution in [-0.4, -0.2) is 29.0 Å². The second-order valence-electron chi connectivity index (χ2n) is 4.82. The maximum atomic E-state index is 11.8. The van der Waals surface area contributed by atoms with Gasteiger partial charge in [-0.3, -0.25) is 9.48 Å². The number of aromatic nitrogens is 2. The van der Waals surface area contributed by atoms with Crippen LogP contribution in [0.25, 0.3) is 0 Å². The molecule has 0 bridgehead atoms. The van der Waals surface area contributed by atoms with Crippen molar-refractivity contribution >= 4 is 12.1 Å². The lowest BCUT2D eigenvalue weighted by atomic mass is 10.1. The summed E-state index contributed by atoms with van der Waals surface area (Å²) in [6.07, 6.45) is 3.62. The Balaban J connectivity index is 1.88. The van der Waals surface area contributed by atoms with E-state index in [4.69, 9.17) is 4.74 Å². The number of ether oxygens (including phenoxy) is 1. The van der Waals surface area contributed by atoms with Crippen molar-refractivity contribution < 1.29 is 9.53 Å². The molecule has 1 aromatic carbocycles. The summed E-state index contributed by atoms with van der Waals surface area (Å²) in [6, 6.07) is 7.37. The molecule has 0 radical (unpaired) electrons. The smallest absolute Gasteiger partial charge is 0.244 e. The highest BCUT2D eigenvalue weighted by atomic mass is 16.5. The maximum Gasteiger partial charge on any atom is 0.244 e. The van der Waals surface area contributed by atoms with E-state index in [1.807, 2.05) is 42.8 Å². The van der Waals surface area contributed by atoms with Crippen molar-refractivity contribution in [3.05, 3.63) is 47.3 Å². The number of carbonyl (C=O) groups excluding carboxylic acids is 1. The minimum Gasteiger partial charge on any atom is -0.497 e. The first-order valence-electron chi connectivity index (χ1n) is 7.11. The molecule has 0 aliphatic carbocycles. The van der Waals surface area contributed by atoms with Crippen molar-refractivity contribution in [2.75, 3.05) is 7.11 Å². The summed E-state index contributed by atoms with van der Waals surface area (Å²) in [5.74, 6) is 0.604. The Bertz CT molecular complexity index is 659. The number of hydrogen-bond donors (Lipinski definition) is 1. The van der Waals surface area contributed by atoms with Gasteiger partial charge in [-0.2, -0.15) is 10.2 Å². The van der Waals surface area contributed by atoms with Crippen LogP contribution in [-0.2, 0) is 17.8 Å². The van der Waals surface area contributed by atoms with E-state index in [1.165, 1.54) is 0 Å². The fourth-order valence-electron chi connectivity index (χ4n) is 2.05. The van der Waals surface area contributed by atoms with E-state index in [9.17, 15) is 4.79 Å². The van der Waals surface area contributed by atoms with Crippen LogP contribution in [0.2, 0.25) is 0 Å². The molecule has 0 aliphatic heterocycles. The minimum atomic E-state index is -0.165.